The molecular weight excluding hydrogens is 332 g/mol. The lowest BCUT2D eigenvalue weighted by atomic mass is 9.91. The first-order valence-electron chi connectivity index (χ1n) is 7.57. The number of furan rings is 1. The number of amides is 2. The predicted molar refractivity (Wildman–Crippen MR) is 88.6 cm³/mol. The number of benzene rings is 1. The van der Waals surface area contributed by atoms with Crippen molar-refractivity contribution in [3.05, 3.63) is 47.2 Å². The van der Waals surface area contributed by atoms with Gasteiger partial charge in [-0.1, -0.05) is 23.7 Å². The van der Waals surface area contributed by atoms with Crippen molar-refractivity contribution in [2.75, 3.05) is 13.2 Å². The molecule has 126 valence electrons. The van der Waals surface area contributed by atoms with E-state index >= 15 is 0 Å². The number of nitrogens with two attached hydrogens (primary N) is 1. The Morgan fingerprint density at radius 3 is 2.67 bits per heavy atom. The van der Waals surface area contributed by atoms with Crippen molar-refractivity contribution in [3.63, 3.8) is 0 Å². The molecule has 24 heavy (non-hydrogen) atoms. The standard InChI is InChI=1S/C17H17ClN2O4/c18-12-5-2-1-4-11(12)13-6-7-14(24-13)15(21)20-17(16(19)22)8-3-9-23-10-17/h1-2,4-7H,3,8-10H2,(H2,19,22)(H,20,21)/t17-/m0/s1. The Morgan fingerprint density at radius 2 is 2.00 bits per heavy atom. The first kappa shape index (κ1) is 16.5. The second kappa shape index (κ2) is 6.67. The van der Waals surface area contributed by atoms with Gasteiger partial charge in [-0.05, 0) is 37.1 Å². The lowest BCUT2D eigenvalue weighted by molar-refractivity contribution is -0.129. The lowest BCUT2D eigenvalue weighted by Crippen LogP contribution is -2.61. The van der Waals surface area contributed by atoms with Gasteiger partial charge in [-0.2, -0.15) is 0 Å². The van der Waals surface area contributed by atoms with Crippen molar-refractivity contribution in [1.29, 1.82) is 0 Å². The summed E-state index contributed by atoms with van der Waals surface area (Å²) < 4.78 is 10.9. The average molecular weight is 349 g/mol. The van der Waals surface area contributed by atoms with E-state index in [-0.39, 0.29) is 12.4 Å². The van der Waals surface area contributed by atoms with Crippen LogP contribution in [0.2, 0.25) is 5.02 Å². The van der Waals surface area contributed by atoms with Gasteiger partial charge in [-0.3, -0.25) is 9.59 Å². The summed E-state index contributed by atoms with van der Waals surface area (Å²) in [5.74, 6) is -0.582. The van der Waals surface area contributed by atoms with E-state index in [1.807, 2.05) is 12.1 Å². The zero-order valence-corrected chi connectivity index (χ0v) is 13.6. The van der Waals surface area contributed by atoms with E-state index in [2.05, 4.69) is 5.32 Å². The molecule has 3 N–H and O–H groups in total. The van der Waals surface area contributed by atoms with Crippen LogP contribution in [-0.2, 0) is 9.53 Å². The number of hydrogen-bond acceptors (Lipinski definition) is 4. The van der Waals surface area contributed by atoms with Crippen LogP contribution < -0.4 is 11.1 Å². The summed E-state index contributed by atoms with van der Waals surface area (Å²) in [6.07, 6.45) is 1.08. The first-order chi connectivity index (χ1) is 11.5. The summed E-state index contributed by atoms with van der Waals surface area (Å²) in [5.41, 5.74) is 4.95. The molecule has 2 heterocycles. The Hall–Kier alpha value is -2.31. The molecule has 0 radical (unpaired) electrons. The molecule has 1 aliphatic heterocycles. The third-order valence-corrected chi connectivity index (χ3v) is 4.36. The summed E-state index contributed by atoms with van der Waals surface area (Å²) in [5, 5.41) is 3.18. The number of carbonyl (C=O) groups excluding carboxylic acids is 2. The first-order valence-corrected chi connectivity index (χ1v) is 7.94. The highest BCUT2D eigenvalue weighted by Gasteiger charge is 2.41. The minimum absolute atomic E-state index is 0.0617. The monoisotopic (exact) mass is 348 g/mol. The summed E-state index contributed by atoms with van der Waals surface area (Å²) >= 11 is 6.13. The molecule has 0 spiro atoms. The maximum absolute atomic E-state index is 12.5. The van der Waals surface area contributed by atoms with E-state index in [9.17, 15) is 9.59 Å². The molecule has 0 unspecified atom stereocenters. The molecule has 3 rings (SSSR count). The number of primary amides is 1. The van der Waals surface area contributed by atoms with Gasteiger partial charge in [-0.25, -0.2) is 0 Å². The molecule has 0 saturated carbocycles. The Balaban J connectivity index is 1.81. The molecule has 1 aliphatic rings. The average Bonchev–Trinajstić information content (AvgIpc) is 3.06. The van der Waals surface area contributed by atoms with Gasteiger partial charge >= 0.3 is 0 Å². The fourth-order valence-corrected chi connectivity index (χ4v) is 2.92. The summed E-state index contributed by atoms with van der Waals surface area (Å²) in [6.45, 7) is 0.606. The maximum atomic E-state index is 12.5. The highest BCUT2D eigenvalue weighted by atomic mass is 35.5. The summed E-state index contributed by atoms with van der Waals surface area (Å²) in [4.78, 5) is 24.2. The molecule has 1 saturated heterocycles. The largest absolute Gasteiger partial charge is 0.451 e. The Kier molecular flexibility index (Phi) is 4.59. The van der Waals surface area contributed by atoms with Gasteiger partial charge in [0.2, 0.25) is 5.91 Å². The number of halogens is 1. The quantitative estimate of drug-likeness (QED) is 0.886. The SMILES string of the molecule is NC(=O)[C@]1(NC(=O)c2ccc(-c3ccccc3Cl)o2)CCCOC1. The normalized spacial score (nSPS) is 20.5. The van der Waals surface area contributed by atoms with E-state index in [0.717, 1.165) is 0 Å². The van der Waals surface area contributed by atoms with Crippen LogP contribution in [0.25, 0.3) is 11.3 Å². The fourth-order valence-electron chi connectivity index (χ4n) is 2.69. The third-order valence-electron chi connectivity index (χ3n) is 4.03. The lowest BCUT2D eigenvalue weighted by Gasteiger charge is -2.34. The second-order valence-corrected chi connectivity index (χ2v) is 6.11. The van der Waals surface area contributed by atoms with Crippen LogP contribution in [0.15, 0.2) is 40.8 Å². The fraction of sp³-hybridized carbons (Fsp3) is 0.294. The molecule has 1 aromatic heterocycles. The Morgan fingerprint density at radius 1 is 1.21 bits per heavy atom. The minimum atomic E-state index is -1.20. The van der Waals surface area contributed by atoms with Gasteiger partial charge in [0.15, 0.2) is 5.76 Å². The van der Waals surface area contributed by atoms with Crippen molar-refractivity contribution in [2.24, 2.45) is 5.73 Å². The molecule has 7 heteroatoms. The zero-order valence-electron chi connectivity index (χ0n) is 12.9. The van der Waals surface area contributed by atoms with Crippen molar-refractivity contribution in [3.8, 4) is 11.3 Å². The Labute approximate surface area is 143 Å². The highest BCUT2D eigenvalue weighted by molar-refractivity contribution is 6.33. The third kappa shape index (κ3) is 3.16. The van der Waals surface area contributed by atoms with Crippen LogP contribution in [0.4, 0.5) is 0 Å². The molecule has 1 atom stereocenters. The molecule has 1 fully saturated rings. The van der Waals surface area contributed by atoms with Crippen molar-refractivity contribution >= 4 is 23.4 Å². The van der Waals surface area contributed by atoms with Crippen LogP contribution in [0.5, 0.6) is 0 Å². The smallest absolute Gasteiger partial charge is 0.287 e. The minimum Gasteiger partial charge on any atom is -0.451 e. The zero-order chi connectivity index (χ0) is 17.2. The number of carbonyl (C=O) groups is 2. The van der Waals surface area contributed by atoms with E-state index in [1.165, 1.54) is 6.07 Å². The van der Waals surface area contributed by atoms with Crippen LogP contribution >= 0.6 is 11.6 Å². The molecule has 6 nitrogen and oxygen atoms in total. The van der Waals surface area contributed by atoms with E-state index in [4.69, 9.17) is 26.5 Å². The summed E-state index contributed by atoms with van der Waals surface area (Å²) in [7, 11) is 0. The Bertz CT molecular complexity index is 765. The highest BCUT2D eigenvalue weighted by Crippen LogP contribution is 2.29. The van der Waals surface area contributed by atoms with Gasteiger partial charge < -0.3 is 20.2 Å². The predicted octanol–water partition coefficient (Wildman–Crippen LogP) is 2.36. The van der Waals surface area contributed by atoms with Crippen molar-refractivity contribution in [1.82, 2.24) is 5.32 Å². The molecule has 2 aromatic rings. The topological polar surface area (TPSA) is 94.6 Å². The number of ether oxygens (including phenoxy) is 1. The van der Waals surface area contributed by atoms with Crippen molar-refractivity contribution < 1.29 is 18.7 Å². The van der Waals surface area contributed by atoms with E-state index < -0.39 is 17.4 Å². The molecule has 1 aromatic carbocycles. The molecule has 0 bridgehead atoms. The molecular formula is C17H17ClN2O4. The van der Waals surface area contributed by atoms with Crippen LogP contribution in [-0.4, -0.2) is 30.6 Å². The molecule has 2 amide bonds. The van der Waals surface area contributed by atoms with Gasteiger partial charge in [-0.15, -0.1) is 0 Å². The van der Waals surface area contributed by atoms with E-state index in [0.29, 0.717) is 35.8 Å². The van der Waals surface area contributed by atoms with Crippen molar-refractivity contribution in [2.45, 2.75) is 18.4 Å². The van der Waals surface area contributed by atoms with Crippen LogP contribution in [0, 0.1) is 0 Å². The molecule has 0 aliphatic carbocycles. The number of nitrogens with one attached hydrogen (secondary N) is 1. The second-order valence-electron chi connectivity index (χ2n) is 5.70. The summed E-state index contributed by atoms with van der Waals surface area (Å²) in [6, 6.07) is 10.4. The van der Waals surface area contributed by atoms with Gasteiger partial charge in [0, 0.05) is 12.2 Å². The van der Waals surface area contributed by atoms with Crippen LogP contribution in [0.1, 0.15) is 23.4 Å². The van der Waals surface area contributed by atoms with Gasteiger partial charge in [0.1, 0.15) is 11.3 Å². The van der Waals surface area contributed by atoms with Gasteiger partial charge in [0.05, 0.1) is 11.6 Å². The maximum Gasteiger partial charge on any atom is 0.287 e. The number of rotatable bonds is 4. The van der Waals surface area contributed by atoms with Crippen LogP contribution in [0.3, 0.4) is 0 Å². The van der Waals surface area contributed by atoms with Gasteiger partial charge in [0.25, 0.3) is 5.91 Å². The van der Waals surface area contributed by atoms with E-state index in [1.54, 1.807) is 18.2 Å². The number of hydrogen-bond donors (Lipinski definition) is 2.